The normalized spacial score (nSPS) is 20.0. The summed E-state index contributed by atoms with van der Waals surface area (Å²) in [6, 6.07) is 7.18. The van der Waals surface area contributed by atoms with Crippen LogP contribution in [-0.2, 0) is 9.53 Å². The average Bonchev–Trinajstić information content (AvgIpc) is 2.61. The summed E-state index contributed by atoms with van der Waals surface area (Å²) in [6.07, 6.45) is 4.44. The number of aryl methyl sites for hydroxylation is 1. The van der Waals surface area contributed by atoms with Crippen LogP contribution in [0.15, 0.2) is 24.3 Å². The second kappa shape index (κ2) is 8.04. The van der Waals surface area contributed by atoms with Gasteiger partial charge in [-0.05, 0) is 49.9 Å². The van der Waals surface area contributed by atoms with Gasteiger partial charge < -0.3 is 10.1 Å². The predicted molar refractivity (Wildman–Crippen MR) is 101 cm³/mol. The molecule has 0 spiro atoms. The Morgan fingerprint density at radius 2 is 2.04 bits per heavy atom. The molecule has 6 heteroatoms. The minimum atomic E-state index is -0.552. The van der Waals surface area contributed by atoms with Crippen LogP contribution in [0.3, 0.4) is 0 Å². The summed E-state index contributed by atoms with van der Waals surface area (Å²) >= 11 is 6.00. The van der Waals surface area contributed by atoms with E-state index in [0.717, 1.165) is 30.2 Å². The van der Waals surface area contributed by atoms with Gasteiger partial charge in [-0.3, -0.25) is 9.78 Å². The second-order valence-corrected chi connectivity index (χ2v) is 7.41. The number of hydrogen-bond acceptors (Lipinski definition) is 4. The lowest BCUT2D eigenvalue weighted by Crippen LogP contribution is -2.42. The van der Waals surface area contributed by atoms with E-state index < -0.39 is 5.97 Å². The van der Waals surface area contributed by atoms with Crippen LogP contribution < -0.4 is 5.32 Å². The third kappa shape index (κ3) is 4.33. The first-order valence-corrected chi connectivity index (χ1v) is 9.35. The molecule has 1 saturated carbocycles. The minimum absolute atomic E-state index is 0.168. The molecule has 1 heterocycles. The van der Waals surface area contributed by atoms with Crippen LogP contribution >= 0.6 is 11.6 Å². The number of carbonyl (C=O) groups is 2. The van der Waals surface area contributed by atoms with Crippen LogP contribution in [0.2, 0.25) is 5.02 Å². The van der Waals surface area contributed by atoms with Gasteiger partial charge in [0.1, 0.15) is 0 Å². The number of ether oxygens (including phenoxy) is 1. The fourth-order valence-corrected chi connectivity index (χ4v) is 3.62. The van der Waals surface area contributed by atoms with Crippen LogP contribution in [0.5, 0.6) is 0 Å². The van der Waals surface area contributed by atoms with Crippen LogP contribution in [0.25, 0.3) is 10.9 Å². The number of carbonyl (C=O) groups excluding carboxylic acids is 2. The van der Waals surface area contributed by atoms with Crippen LogP contribution in [0.4, 0.5) is 0 Å². The Morgan fingerprint density at radius 1 is 1.27 bits per heavy atom. The van der Waals surface area contributed by atoms with E-state index in [2.05, 4.69) is 17.2 Å². The Hall–Kier alpha value is -2.14. The SMILES string of the molecule is Cc1nc2ccc(Cl)cc2cc1C(=O)OCC(=O)NC1CCCCC1C. The Morgan fingerprint density at radius 3 is 2.81 bits per heavy atom. The zero-order chi connectivity index (χ0) is 18.7. The van der Waals surface area contributed by atoms with Gasteiger partial charge in [-0.2, -0.15) is 0 Å². The predicted octanol–water partition coefficient (Wildman–Crippen LogP) is 4.05. The van der Waals surface area contributed by atoms with E-state index >= 15 is 0 Å². The maximum Gasteiger partial charge on any atom is 0.340 e. The first-order valence-electron chi connectivity index (χ1n) is 8.97. The summed E-state index contributed by atoms with van der Waals surface area (Å²) in [5, 5.41) is 4.31. The topological polar surface area (TPSA) is 68.3 Å². The lowest BCUT2D eigenvalue weighted by atomic mass is 9.86. The van der Waals surface area contributed by atoms with Gasteiger partial charge in [0.25, 0.3) is 5.91 Å². The molecular weight excluding hydrogens is 352 g/mol. The average molecular weight is 375 g/mol. The lowest BCUT2D eigenvalue weighted by Gasteiger charge is -2.29. The van der Waals surface area contributed by atoms with Crippen LogP contribution in [0, 0.1) is 12.8 Å². The van der Waals surface area contributed by atoms with Crippen molar-refractivity contribution < 1.29 is 14.3 Å². The molecule has 138 valence electrons. The van der Waals surface area contributed by atoms with Crippen molar-refractivity contribution in [1.82, 2.24) is 10.3 Å². The van der Waals surface area contributed by atoms with Crippen LogP contribution in [-0.4, -0.2) is 29.5 Å². The molecule has 26 heavy (non-hydrogen) atoms. The van der Waals surface area contributed by atoms with Crippen molar-refractivity contribution in [2.45, 2.75) is 45.6 Å². The summed E-state index contributed by atoms with van der Waals surface area (Å²) in [5.41, 5.74) is 1.66. The van der Waals surface area contributed by atoms with E-state index in [1.54, 1.807) is 31.2 Å². The molecule has 0 aliphatic heterocycles. The molecule has 1 amide bonds. The molecule has 5 nitrogen and oxygen atoms in total. The number of fused-ring (bicyclic) bond motifs is 1. The molecule has 2 atom stereocenters. The maximum atomic E-state index is 12.4. The standard InChI is InChI=1S/C20H23ClN2O3/c1-12-5-3-4-6-17(12)23-19(24)11-26-20(25)16-10-14-9-15(21)7-8-18(14)22-13(16)2/h7-10,12,17H,3-6,11H2,1-2H3,(H,23,24). The van der Waals surface area contributed by atoms with E-state index in [-0.39, 0.29) is 18.6 Å². The van der Waals surface area contributed by atoms with E-state index in [1.165, 1.54) is 6.42 Å². The van der Waals surface area contributed by atoms with Crippen molar-refractivity contribution in [3.8, 4) is 0 Å². The largest absolute Gasteiger partial charge is 0.452 e. The number of rotatable bonds is 4. The van der Waals surface area contributed by atoms with Gasteiger partial charge in [0.05, 0.1) is 16.8 Å². The van der Waals surface area contributed by atoms with Gasteiger partial charge in [0.2, 0.25) is 0 Å². The Bertz CT molecular complexity index is 837. The molecule has 1 N–H and O–H groups in total. The molecule has 1 aromatic heterocycles. The number of esters is 1. The number of amides is 1. The van der Waals surface area contributed by atoms with E-state index in [9.17, 15) is 9.59 Å². The first-order chi connectivity index (χ1) is 12.4. The summed E-state index contributed by atoms with van der Waals surface area (Å²) in [7, 11) is 0. The summed E-state index contributed by atoms with van der Waals surface area (Å²) < 4.78 is 5.20. The molecular formula is C20H23ClN2O3. The van der Waals surface area contributed by atoms with E-state index in [0.29, 0.717) is 22.2 Å². The number of halogens is 1. The van der Waals surface area contributed by atoms with Crippen molar-refractivity contribution in [2.75, 3.05) is 6.61 Å². The molecule has 1 fully saturated rings. The van der Waals surface area contributed by atoms with Crippen LogP contribution in [0.1, 0.15) is 48.7 Å². The molecule has 1 aliphatic rings. The zero-order valence-electron chi connectivity index (χ0n) is 15.0. The number of nitrogens with zero attached hydrogens (tertiary/aromatic N) is 1. The summed E-state index contributed by atoms with van der Waals surface area (Å²) in [5.74, 6) is -0.352. The Kier molecular flexibility index (Phi) is 5.77. The van der Waals surface area contributed by atoms with Gasteiger partial charge in [-0.1, -0.05) is 31.4 Å². The molecule has 2 aromatic rings. The highest BCUT2D eigenvalue weighted by Crippen LogP contribution is 2.24. The maximum absolute atomic E-state index is 12.4. The number of pyridine rings is 1. The quantitative estimate of drug-likeness (QED) is 0.820. The van der Waals surface area contributed by atoms with Crippen molar-refractivity contribution >= 4 is 34.4 Å². The Balaban J connectivity index is 1.63. The monoisotopic (exact) mass is 374 g/mol. The number of nitrogens with one attached hydrogen (secondary N) is 1. The zero-order valence-corrected chi connectivity index (χ0v) is 15.8. The fourth-order valence-electron chi connectivity index (χ4n) is 3.44. The summed E-state index contributed by atoms with van der Waals surface area (Å²) in [6.45, 7) is 3.61. The molecule has 0 saturated heterocycles. The Labute approximate surface area is 158 Å². The van der Waals surface area contributed by atoms with E-state index in [4.69, 9.17) is 16.3 Å². The third-order valence-electron chi connectivity index (χ3n) is 4.98. The van der Waals surface area contributed by atoms with Gasteiger partial charge in [0, 0.05) is 16.5 Å². The van der Waals surface area contributed by atoms with Gasteiger partial charge >= 0.3 is 5.97 Å². The molecule has 1 aromatic carbocycles. The molecule has 0 radical (unpaired) electrons. The number of aromatic nitrogens is 1. The summed E-state index contributed by atoms with van der Waals surface area (Å²) in [4.78, 5) is 28.9. The number of hydrogen-bond donors (Lipinski definition) is 1. The van der Waals surface area contributed by atoms with Crippen molar-refractivity contribution in [2.24, 2.45) is 5.92 Å². The second-order valence-electron chi connectivity index (χ2n) is 6.97. The fraction of sp³-hybridized carbons (Fsp3) is 0.450. The lowest BCUT2D eigenvalue weighted by molar-refractivity contribution is -0.125. The highest BCUT2D eigenvalue weighted by molar-refractivity contribution is 6.31. The van der Waals surface area contributed by atoms with Gasteiger partial charge in [-0.25, -0.2) is 4.79 Å². The molecule has 1 aliphatic carbocycles. The molecule has 3 rings (SSSR count). The van der Waals surface area contributed by atoms with Crippen molar-refractivity contribution in [1.29, 1.82) is 0 Å². The van der Waals surface area contributed by atoms with Gasteiger partial charge in [0.15, 0.2) is 6.61 Å². The highest BCUT2D eigenvalue weighted by Gasteiger charge is 2.23. The third-order valence-corrected chi connectivity index (χ3v) is 5.21. The van der Waals surface area contributed by atoms with E-state index in [1.807, 2.05) is 0 Å². The molecule has 2 unspecified atom stereocenters. The van der Waals surface area contributed by atoms with Crippen molar-refractivity contribution in [3.05, 3.63) is 40.5 Å². The molecule has 0 bridgehead atoms. The smallest absolute Gasteiger partial charge is 0.340 e. The first kappa shape index (κ1) is 18.6. The number of benzene rings is 1. The van der Waals surface area contributed by atoms with Crippen molar-refractivity contribution in [3.63, 3.8) is 0 Å². The highest BCUT2D eigenvalue weighted by atomic mass is 35.5. The van der Waals surface area contributed by atoms with Gasteiger partial charge in [-0.15, -0.1) is 0 Å². The minimum Gasteiger partial charge on any atom is -0.452 e.